The SMILES string of the molecule is Cc1cccc(-n2ncc3c(=O)n(CC(=O)N4CC(C)OC(C)C4)cnc32)c1C. The number of hydrogen-bond donors (Lipinski definition) is 0. The Labute approximate surface area is 168 Å². The second-order valence-corrected chi connectivity index (χ2v) is 7.75. The molecule has 3 aromatic rings. The lowest BCUT2D eigenvalue weighted by molar-refractivity contribution is -0.143. The van der Waals surface area contributed by atoms with Crippen LogP contribution in [0.25, 0.3) is 16.7 Å². The van der Waals surface area contributed by atoms with Crippen LogP contribution in [-0.2, 0) is 16.1 Å². The molecular weight excluding hydrogens is 370 g/mol. The highest BCUT2D eigenvalue weighted by molar-refractivity contribution is 5.78. The fourth-order valence-corrected chi connectivity index (χ4v) is 3.83. The number of amides is 1. The molecule has 8 nitrogen and oxygen atoms in total. The van der Waals surface area contributed by atoms with Crippen LogP contribution in [0.2, 0.25) is 0 Å². The second kappa shape index (κ2) is 7.44. The summed E-state index contributed by atoms with van der Waals surface area (Å²) in [5, 5.41) is 4.78. The van der Waals surface area contributed by atoms with Gasteiger partial charge in [0.2, 0.25) is 5.91 Å². The summed E-state index contributed by atoms with van der Waals surface area (Å²) in [4.78, 5) is 31.9. The van der Waals surface area contributed by atoms with Crippen molar-refractivity contribution in [2.45, 2.75) is 46.4 Å². The average molecular weight is 395 g/mol. The molecule has 0 spiro atoms. The van der Waals surface area contributed by atoms with Crippen LogP contribution in [0.4, 0.5) is 0 Å². The number of fused-ring (bicyclic) bond motifs is 1. The number of benzene rings is 1. The molecule has 1 fully saturated rings. The molecule has 2 aromatic heterocycles. The first-order chi connectivity index (χ1) is 13.8. The molecule has 1 saturated heterocycles. The predicted octanol–water partition coefficient (Wildman–Crippen LogP) is 1.83. The molecule has 1 aliphatic heterocycles. The quantitative estimate of drug-likeness (QED) is 0.676. The number of nitrogens with zero attached hydrogens (tertiary/aromatic N) is 5. The highest BCUT2D eigenvalue weighted by Crippen LogP contribution is 2.20. The van der Waals surface area contributed by atoms with Gasteiger partial charge in [-0.15, -0.1) is 0 Å². The molecule has 2 unspecified atom stereocenters. The third-order valence-corrected chi connectivity index (χ3v) is 5.44. The van der Waals surface area contributed by atoms with Crippen LogP contribution in [0.1, 0.15) is 25.0 Å². The van der Waals surface area contributed by atoms with E-state index in [2.05, 4.69) is 10.1 Å². The predicted molar refractivity (Wildman–Crippen MR) is 109 cm³/mol. The van der Waals surface area contributed by atoms with Gasteiger partial charge in [-0.1, -0.05) is 12.1 Å². The molecule has 8 heteroatoms. The Morgan fingerprint density at radius 2 is 1.93 bits per heavy atom. The van der Waals surface area contributed by atoms with Crippen molar-refractivity contribution in [3.05, 3.63) is 52.2 Å². The third kappa shape index (κ3) is 3.55. The summed E-state index contributed by atoms with van der Waals surface area (Å²) in [6.45, 7) is 8.94. The first-order valence-electron chi connectivity index (χ1n) is 9.78. The maximum Gasteiger partial charge on any atom is 0.264 e. The lowest BCUT2D eigenvalue weighted by Gasteiger charge is -2.35. The van der Waals surface area contributed by atoms with Gasteiger partial charge in [0.05, 0.1) is 24.1 Å². The minimum atomic E-state index is -0.269. The molecule has 0 bridgehead atoms. The Morgan fingerprint density at radius 3 is 2.66 bits per heavy atom. The van der Waals surface area contributed by atoms with E-state index in [0.29, 0.717) is 24.1 Å². The van der Waals surface area contributed by atoms with Gasteiger partial charge >= 0.3 is 0 Å². The fraction of sp³-hybridized carbons (Fsp3) is 0.429. The van der Waals surface area contributed by atoms with Crippen molar-refractivity contribution in [3.8, 4) is 5.69 Å². The summed E-state index contributed by atoms with van der Waals surface area (Å²) in [5.74, 6) is -0.114. The molecular formula is C21H25N5O3. The van der Waals surface area contributed by atoms with Crippen LogP contribution in [-0.4, -0.2) is 55.4 Å². The van der Waals surface area contributed by atoms with Gasteiger partial charge in [0.1, 0.15) is 18.3 Å². The van der Waals surface area contributed by atoms with Crippen LogP contribution >= 0.6 is 0 Å². The number of ether oxygens (including phenoxy) is 1. The lowest BCUT2D eigenvalue weighted by Crippen LogP contribution is -2.49. The first kappa shape index (κ1) is 19.3. The smallest absolute Gasteiger partial charge is 0.264 e. The zero-order valence-electron chi connectivity index (χ0n) is 17.1. The molecule has 0 N–H and O–H groups in total. The zero-order valence-corrected chi connectivity index (χ0v) is 17.1. The minimum absolute atomic E-state index is 0.0178. The van der Waals surface area contributed by atoms with E-state index in [1.165, 1.54) is 17.1 Å². The van der Waals surface area contributed by atoms with Crippen LogP contribution in [0.5, 0.6) is 0 Å². The molecule has 2 atom stereocenters. The van der Waals surface area contributed by atoms with Crippen LogP contribution < -0.4 is 5.56 Å². The van der Waals surface area contributed by atoms with Crippen molar-refractivity contribution in [3.63, 3.8) is 0 Å². The van der Waals surface area contributed by atoms with Gasteiger partial charge in [-0.05, 0) is 44.9 Å². The van der Waals surface area contributed by atoms with Gasteiger partial charge in [0.25, 0.3) is 5.56 Å². The lowest BCUT2D eigenvalue weighted by atomic mass is 10.1. The number of morpholine rings is 1. The maximum atomic E-state index is 12.9. The van der Waals surface area contributed by atoms with Gasteiger partial charge < -0.3 is 9.64 Å². The summed E-state index contributed by atoms with van der Waals surface area (Å²) in [6.07, 6.45) is 2.91. The summed E-state index contributed by atoms with van der Waals surface area (Å²) in [6, 6.07) is 5.94. The summed E-state index contributed by atoms with van der Waals surface area (Å²) in [5.41, 5.74) is 3.32. The van der Waals surface area contributed by atoms with E-state index in [4.69, 9.17) is 4.74 Å². The highest BCUT2D eigenvalue weighted by Gasteiger charge is 2.26. The summed E-state index contributed by atoms with van der Waals surface area (Å²) < 4.78 is 8.70. The Balaban J connectivity index is 1.65. The van der Waals surface area contributed by atoms with Gasteiger partial charge in [-0.3, -0.25) is 14.2 Å². The summed E-state index contributed by atoms with van der Waals surface area (Å²) in [7, 11) is 0. The molecule has 1 aliphatic rings. The topological polar surface area (TPSA) is 82.2 Å². The molecule has 29 heavy (non-hydrogen) atoms. The maximum absolute atomic E-state index is 12.9. The Kier molecular flexibility index (Phi) is 4.96. The first-order valence-corrected chi connectivity index (χ1v) is 9.78. The van der Waals surface area contributed by atoms with Crippen molar-refractivity contribution in [1.82, 2.24) is 24.2 Å². The van der Waals surface area contributed by atoms with E-state index in [-0.39, 0.29) is 30.2 Å². The van der Waals surface area contributed by atoms with Crippen molar-refractivity contribution < 1.29 is 9.53 Å². The van der Waals surface area contributed by atoms with Crippen LogP contribution in [0.3, 0.4) is 0 Å². The van der Waals surface area contributed by atoms with E-state index < -0.39 is 0 Å². The summed E-state index contributed by atoms with van der Waals surface area (Å²) >= 11 is 0. The number of aromatic nitrogens is 4. The number of hydrogen-bond acceptors (Lipinski definition) is 5. The van der Waals surface area contributed by atoms with Crippen molar-refractivity contribution >= 4 is 16.9 Å². The number of carbonyl (C=O) groups is 1. The fourth-order valence-electron chi connectivity index (χ4n) is 3.83. The third-order valence-electron chi connectivity index (χ3n) is 5.44. The molecule has 0 aliphatic carbocycles. The number of carbonyl (C=O) groups excluding carboxylic acids is 1. The van der Waals surface area contributed by atoms with E-state index in [0.717, 1.165) is 16.8 Å². The molecule has 152 valence electrons. The Hall–Kier alpha value is -3.00. The standard InChI is InChI=1S/C21H25N5O3/c1-13-6-5-7-18(16(13)4)26-20-17(8-23-26)21(28)25(12-22-20)11-19(27)24-9-14(2)29-15(3)10-24/h5-8,12,14-15H,9-11H2,1-4H3. The molecule has 0 radical (unpaired) electrons. The van der Waals surface area contributed by atoms with Gasteiger partial charge in [-0.2, -0.15) is 5.10 Å². The molecule has 0 saturated carbocycles. The van der Waals surface area contributed by atoms with Crippen molar-refractivity contribution in [1.29, 1.82) is 0 Å². The van der Waals surface area contributed by atoms with Gasteiger partial charge in [0, 0.05) is 13.1 Å². The second-order valence-electron chi connectivity index (χ2n) is 7.75. The van der Waals surface area contributed by atoms with E-state index in [1.54, 1.807) is 9.58 Å². The Morgan fingerprint density at radius 1 is 1.21 bits per heavy atom. The van der Waals surface area contributed by atoms with E-state index in [1.807, 2.05) is 45.9 Å². The Bertz CT molecular complexity index is 1120. The molecule has 3 heterocycles. The molecule has 1 amide bonds. The van der Waals surface area contributed by atoms with Crippen molar-refractivity contribution in [2.75, 3.05) is 13.1 Å². The minimum Gasteiger partial charge on any atom is -0.372 e. The molecule has 1 aromatic carbocycles. The van der Waals surface area contributed by atoms with Crippen LogP contribution in [0.15, 0.2) is 35.5 Å². The normalized spacial score (nSPS) is 19.7. The largest absolute Gasteiger partial charge is 0.372 e. The monoisotopic (exact) mass is 395 g/mol. The van der Waals surface area contributed by atoms with E-state index in [9.17, 15) is 9.59 Å². The number of rotatable bonds is 3. The highest BCUT2D eigenvalue weighted by atomic mass is 16.5. The zero-order chi connectivity index (χ0) is 20.7. The molecule has 4 rings (SSSR count). The van der Waals surface area contributed by atoms with Gasteiger partial charge in [-0.25, -0.2) is 9.67 Å². The van der Waals surface area contributed by atoms with Crippen molar-refractivity contribution in [2.24, 2.45) is 0 Å². The van der Waals surface area contributed by atoms with Crippen LogP contribution in [0, 0.1) is 13.8 Å². The average Bonchev–Trinajstić information content (AvgIpc) is 3.10. The number of aryl methyl sites for hydroxylation is 1. The van der Waals surface area contributed by atoms with E-state index >= 15 is 0 Å². The van der Waals surface area contributed by atoms with Gasteiger partial charge in [0.15, 0.2) is 5.65 Å².